The van der Waals surface area contributed by atoms with Gasteiger partial charge in [-0.05, 0) is 25.0 Å². The molecule has 2 atom stereocenters. The Kier molecular flexibility index (Phi) is 5.92. The van der Waals surface area contributed by atoms with Crippen LogP contribution in [0, 0.1) is 0 Å². The standard InChI is InChI=1S/C21H28N4O5/c1-15(26)22-10-12-23(13-11-22)16-6-8-24(9-7-18(16)27)20(28)14-25-17-4-2-3-5-19(17)30-21(25)29/h2-5,16,18,27H,6-14H2,1H3/t16-,18-/m0/s1. The molecular formula is C21H28N4O5. The van der Waals surface area contributed by atoms with Crippen LogP contribution in [-0.2, 0) is 16.1 Å². The van der Waals surface area contributed by atoms with E-state index in [1.165, 1.54) is 4.57 Å². The molecule has 0 unspecified atom stereocenters. The van der Waals surface area contributed by atoms with Crippen LogP contribution in [-0.4, -0.2) is 87.6 Å². The van der Waals surface area contributed by atoms with E-state index in [0.717, 1.165) is 13.1 Å². The van der Waals surface area contributed by atoms with Crippen molar-refractivity contribution >= 4 is 22.9 Å². The first-order valence-corrected chi connectivity index (χ1v) is 10.5. The zero-order chi connectivity index (χ0) is 21.3. The molecule has 30 heavy (non-hydrogen) atoms. The minimum Gasteiger partial charge on any atom is -0.408 e. The van der Waals surface area contributed by atoms with Gasteiger partial charge in [-0.1, -0.05) is 12.1 Å². The molecule has 0 radical (unpaired) electrons. The molecule has 2 aliphatic heterocycles. The molecule has 1 N–H and O–H groups in total. The molecule has 2 amide bonds. The summed E-state index contributed by atoms with van der Waals surface area (Å²) in [6, 6.07) is 7.02. The van der Waals surface area contributed by atoms with Crippen LogP contribution in [0.5, 0.6) is 0 Å². The Bertz CT molecular complexity index is 975. The number of fused-ring (bicyclic) bond motifs is 1. The minimum atomic E-state index is -0.541. The Morgan fingerprint density at radius 3 is 2.47 bits per heavy atom. The fourth-order valence-corrected chi connectivity index (χ4v) is 4.52. The normalized spacial score (nSPS) is 23.5. The predicted molar refractivity (Wildman–Crippen MR) is 110 cm³/mol. The van der Waals surface area contributed by atoms with E-state index in [2.05, 4.69) is 4.90 Å². The number of oxazole rings is 1. The minimum absolute atomic E-state index is 0.0330. The lowest BCUT2D eigenvalue weighted by Gasteiger charge is -2.40. The van der Waals surface area contributed by atoms with Gasteiger partial charge in [0.2, 0.25) is 11.8 Å². The summed E-state index contributed by atoms with van der Waals surface area (Å²) < 4.78 is 6.57. The van der Waals surface area contributed by atoms with Crippen LogP contribution in [0.15, 0.2) is 33.5 Å². The van der Waals surface area contributed by atoms with Crippen molar-refractivity contribution in [2.24, 2.45) is 0 Å². The van der Waals surface area contributed by atoms with E-state index in [-0.39, 0.29) is 24.4 Å². The number of amides is 2. The van der Waals surface area contributed by atoms with Gasteiger partial charge < -0.3 is 19.3 Å². The smallest absolute Gasteiger partial charge is 0.408 e. The van der Waals surface area contributed by atoms with Gasteiger partial charge in [0.15, 0.2) is 5.58 Å². The summed E-state index contributed by atoms with van der Waals surface area (Å²) in [4.78, 5) is 42.4. The average molecular weight is 416 g/mol. The maximum atomic E-state index is 12.9. The lowest BCUT2D eigenvalue weighted by atomic mass is 10.0. The highest BCUT2D eigenvalue weighted by Gasteiger charge is 2.33. The lowest BCUT2D eigenvalue weighted by Crippen LogP contribution is -2.54. The van der Waals surface area contributed by atoms with Gasteiger partial charge in [0, 0.05) is 52.2 Å². The quantitative estimate of drug-likeness (QED) is 0.763. The molecule has 162 valence electrons. The Balaban J connectivity index is 1.40. The van der Waals surface area contributed by atoms with Gasteiger partial charge in [0.25, 0.3) is 0 Å². The summed E-state index contributed by atoms with van der Waals surface area (Å²) in [6.07, 6.45) is 0.627. The van der Waals surface area contributed by atoms with Crippen molar-refractivity contribution in [2.75, 3.05) is 39.3 Å². The summed E-state index contributed by atoms with van der Waals surface area (Å²) in [5, 5.41) is 10.7. The lowest BCUT2D eigenvalue weighted by molar-refractivity contribution is -0.132. The molecule has 3 heterocycles. The molecule has 2 aliphatic rings. The summed E-state index contributed by atoms with van der Waals surface area (Å²) >= 11 is 0. The molecule has 4 rings (SSSR count). The number of likely N-dealkylation sites (tertiary alicyclic amines) is 1. The number of para-hydroxylation sites is 2. The van der Waals surface area contributed by atoms with E-state index in [4.69, 9.17) is 4.42 Å². The molecule has 0 saturated carbocycles. The van der Waals surface area contributed by atoms with Gasteiger partial charge in [-0.2, -0.15) is 0 Å². The number of benzene rings is 1. The van der Waals surface area contributed by atoms with Crippen LogP contribution in [0.3, 0.4) is 0 Å². The summed E-state index contributed by atoms with van der Waals surface area (Å²) in [6.45, 7) is 5.27. The Morgan fingerprint density at radius 1 is 1.03 bits per heavy atom. The topological polar surface area (TPSA) is 99.2 Å². The summed E-state index contributed by atoms with van der Waals surface area (Å²) in [5.74, 6) is -0.617. The summed E-state index contributed by atoms with van der Waals surface area (Å²) in [5.41, 5.74) is 1.07. The Labute approximate surface area is 174 Å². The molecular weight excluding hydrogens is 388 g/mol. The Hall–Kier alpha value is -2.65. The van der Waals surface area contributed by atoms with E-state index in [1.54, 1.807) is 36.1 Å². The maximum absolute atomic E-state index is 12.9. The number of carbonyl (C=O) groups excluding carboxylic acids is 2. The van der Waals surface area contributed by atoms with Crippen molar-refractivity contribution in [1.29, 1.82) is 0 Å². The van der Waals surface area contributed by atoms with Crippen LogP contribution in [0.25, 0.3) is 11.1 Å². The van der Waals surface area contributed by atoms with Crippen molar-refractivity contribution in [3.05, 3.63) is 34.8 Å². The van der Waals surface area contributed by atoms with E-state index >= 15 is 0 Å². The SMILES string of the molecule is CC(=O)N1CCN([C@H]2CCN(C(=O)Cn3c(=O)oc4ccccc43)CC[C@@H]2O)CC1. The monoisotopic (exact) mass is 416 g/mol. The van der Waals surface area contributed by atoms with Crippen molar-refractivity contribution in [2.45, 2.75) is 38.5 Å². The van der Waals surface area contributed by atoms with Crippen LogP contribution >= 0.6 is 0 Å². The number of hydrogen-bond acceptors (Lipinski definition) is 6. The molecule has 1 aromatic carbocycles. The number of rotatable bonds is 3. The van der Waals surface area contributed by atoms with E-state index in [0.29, 0.717) is 50.1 Å². The maximum Gasteiger partial charge on any atom is 0.420 e. The molecule has 2 fully saturated rings. The zero-order valence-corrected chi connectivity index (χ0v) is 17.2. The number of hydrogen-bond donors (Lipinski definition) is 1. The first kappa shape index (κ1) is 20.6. The molecule has 9 nitrogen and oxygen atoms in total. The molecule has 9 heteroatoms. The van der Waals surface area contributed by atoms with E-state index in [9.17, 15) is 19.5 Å². The van der Waals surface area contributed by atoms with Gasteiger partial charge in [-0.15, -0.1) is 0 Å². The van der Waals surface area contributed by atoms with Gasteiger partial charge in [0.1, 0.15) is 6.54 Å². The highest BCUT2D eigenvalue weighted by molar-refractivity contribution is 5.79. The molecule has 1 aromatic heterocycles. The predicted octanol–water partition coefficient (Wildman–Crippen LogP) is 0.111. The van der Waals surface area contributed by atoms with Gasteiger partial charge >= 0.3 is 5.76 Å². The van der Waals surface area contributed by atoms with Gasteiger partial charge in [0.05, 0.1) is 11.6 Å². The van der Waals surface area contributed by atoms with Gasteiger partial charge in [-0.3, -0.25) is 19.1 Å². The van der Waals surface area contributed by atoms with E-state index < -0.39 is 11.9 Å². The van der Waals surface area contributed by atoms with Crippen molar-refractivity contribution in [1.82, 2.24) is 19.3 Å². The second kappa shape index (κ2) is 8.61. The molecule has 0 aliphatic carbocycles. The van der Waals surface area contributed by atoms with E-state index in [1.807, 2.05) is 4.90 Å². The molecule has 0 spiro atoms. The number of aliphatic hydroxyl groups is 1. The number of carbonyl (C=O) groups is 2. The third-order valence-electron chi connectivity index (χ3n) is 6.28. The fourth-order valence-electron chi connectivity index (χ4n) is 4.52. The van der Waals surface area contributed by atoms with Crippen molar-refractivity contribution in [3.63, 3.8) is 0 Å². The first-order chi connectivity index (χ1) is 14.4. The second-order valence-corrected chi connectivity index (χ2v) is 8.06. The van der Waals surface area contributed by atoms with Crippen LogP contribution in [0.1, 0.15) is 19.8 Å². The highest BCUT2D eigenvalue weighted by Crippen LogP contribution is 2.20. The summed E-state index contributed by atoms with van der Waals surface area (Å²) in [7, 11) is 0. The zero-order valence-electron chi connectivity index (χ0n) is 17.2. The highest BCUT2D eigenvalue weighted by atomic mass is 16.4. The number of aliphatic hydroxyl groups excluding tert-OH is 1. The van der Waals surface area contributed by atoms with Crippen LogP contribution in [0.4, 0.5) is 0 Å². The van der Waals surface area contributed by atoms with Crippen molar-refractivity contribution in [3.8, 4) is 0 Å². The molecule has 2 aromatic rings. The van der Waals surface area contributed by atoms with Gasteiger partial charge in [-0.25, -0.2) is 4.79 Å². The van der Waals surface area contributed by atoms with Crippen LogP contribution < -0.4 is 5.76 Å². The number of aromatic nitrogens is 1. The second-order valence-electron chi connectivity index (χ2n) is 8.06. The number of piperazine rings is 1. The first-order valence-electron chi connectivity index (χ1n) is 10.5. The Morgan fingerprint density at radius 2 is 1.73 bits per heavy atom. The largest absolute Gasteiger partial charge is 0.420 e. The molecule has 2 saturated heterocycles. The fraction of sp³-hybridized carbons (Fsp3) is 0.571. The molecule has 0 bridgehead atoms. The third-order valence-corrected chi connectivity index (χ3v) is 6.28. The van der Waals surface area contributed by atoms with Crippen molar-refractivity contribution < 1.29 is 19.1 Å². The average Bonchev–Trinajstić information content (AvgIpc) is 2.91. The van der Waals surface area contributed by atoms with Crippen LogP contribution in [0.2, 0.25) is 0 Å². The third kappa shape index (κ3) is 4.13. The number of nitrogens with zero attached hydrogens (tertiary/aromatic N) is 4.